The number of carboxylic acid groups (broad SMARTS) is 1. The van der Waals surface area contributed by atoms with Gasteiger partial charge in [-0.05, 0) is 20.8 Å². The van der Waals surface area contributed by atoms with Crippen molar-refractivity contribution in [2.75, 3.05) is 5.32 Å². The molecule has 2 N–H and O–H groups in total. The molecule has 4 rings (SSSR count). The fourth-order valence-electron chi connectivity index (χ4n) is 3.73. The highest BCUT2D eigenvalue weighted by Crippen LogP contribution is 2.40. The molecule has 194 valence electrons. The number of benzene rings is 3. The van der Waals surface area contributed by atoms with Gasteiger partial charge in [-0.3, -0.25) is 5.32 Å². The predicted molar refractivity (Wildman–Crippen MR) is 144 cm³/mol. The minimum atomic E-state index is -1.39. The smallest absolute Gasteiger partial charge is 0.414 e. The summed E-state index contributed by atoms with van der Waals surface area (Å²) in [5.74, 6) is -1.61. The van der Waals surface area contributed by atoms with Crippen molar-refractivity contribution >= 4 is 34.4 Å². The number of carbonyl (C=O) groups is 2. The molecule has 0 saturated heterocycles. The van der Waals surface area contributed by atoms with Crippen molar-refractivity contribution in [2.45, 2.75) is 32.0 Å². The molecule has 0 bridgehead atoms. The largest absolute Gasteiger partial charge is 0.476 e. The summed E-state index contributed by atoms with van der Waals surface area (Å²) >= 11 is 0.799. The number of aromatic nitrogens is 2. The van der Waals surface area contributed by atoms with Crippen molar-refractivity contribution in [3.05, 3.63) is 114 Å². The third kappa shape index (κ3) is 6.04. The van der Waals surface area contributed by atoms with E-state index in [0.717, 1.165) is 28.2 Å². The zero-order chi connectivity index (χ0) is 27.2. The molecule has 1 aromatic heterocycles. The van der Waals surface area contributed by atoms with Crippen molar-refractivity contribution in [3.8, 4) is 0 Å². The molecule has 0 spiro atoms. The number of rotatable bonds is 8. The Kier molecular flexibility index (Phi) is 7.82. The lowest BCUT2D eigenvalue weighted by molar-refractivity contribution is -0.129. The molecule has 1 heterocycles. The number of nitrogens with one attached hydrogen (secondary N) is 1. The molecule has 0 atom stereocenters. The fraction of sp³-hybridized carbons (Fsp3) is 0.179. The van der Waals surface area contributed by atoms with Gasteiger partial charge in [-0.15, -0.1) is 0 Å². The monoisotopic (exact) mass is 530 g/mol. The predicted octanol–water partition coefficient (Wildman–Crippen LogP) is 5.68. The first-order valence-electron chi connectivity index (χ1n) is 11.7. The van der Waals surface area contributed by atoms with Crippen LogP contribution in [0, 0.1) is 0 Å². The average Bonchev–Trinajstić information content (AvgIpc) is 3.34. The van der Waals surface area contributed by atoms with Crippen LogP contribution in [-0.4, -0.2) is 37.8 Å². The van der Waals surface area contributed by atoms with E-state index >= 15 is 0 Å². The first kappa shape index (κ1) is 26.5. The summed E-state index contributed by atoms with van der Waals surface area (Å²) < 4.78 is 9.29. The van der Waals surface area contributed by atoms with Crippen LogP contribution in [0.5, 0.6) is 0 Å². The van der Waals surface area contributed by atoms with Gasteiger partial charge in [-0.2, -0.15) is 9.36 Å². The molecule has 0 aliphatic heterocycles. The second-order valence-corrected chi connectivity index (χ2v) is 9.92. The van der Waals surface area contributed by atoms with Gasteiger partial charge in [0.15, 0.2) is 0 Å². The highest BCUT2D eigenvalue weighted by Gasteiger charge is 2.40. The van der Waals surface area contributed by atoms with E-state index < -0.39 is 29.0 Å². The second-order valence-electron chi connectivity index (χ2n) is 9.17. The first-order chi connectivity index (χ1) is 18.2. The normalized spacial score (nSPS) is 12.0. The minimum Gasteiger partial charge on any atom is -0.476 e. The lowest BCUT2D eigenvalue weighted by Gasteiger charge is -2.33. The topological polar surface area (TPSA) is 123 Å². The van der Waals surface area contributed by atoms with E-state index in [1.807, 2.05) is 91.0 Å². The summed E-state index contributed by atoms with van der Waals surface area (Å²) in [7, 11) is 0. The molecule has 0 radical (unpaired) electrons. The van der Waals surface area contributed by atoms with Gasteiger partial charge in [0.05, 0.1) is 0 Å². The molecule has 0 aliphatic carbocycles. The van der Waals surface area contributed by atoms with Crippen LogP contribution in [0.15, 0.2) is 96.2 Å². The number of anilines is 1. The maximum Gasteiger partial charge on any atom is 0.414 e. The summed E-state index contributed by atoms with van der Waals surface area (Å²) in [6, 6.07) is 28.2. The highest BCUT2D eigenvalue weighted by atomic mass is 32.1. The fourth-order valence-corrected chi connectivity index (χ4v) is 4.28. The standard InChI is InChI=1S/C28H26N4O5S/c1-27(2,3)36-26(35)30-25-29-23(32-38-25)22(24(33)34)31-37-28(19-13-7-4-8-14-19,20-15-9-5-10-16-20)21-17-11-6-12-18-21/h4-18H,1-3H3,(H,33,34)(H,29,30,32,35)/b31-22+. The molecule has 0 fully saturated rings. The summed E-state index contributed by atoms with van der Waals surface area (Å²) in [6.07, 6.45) is -0.735. The van der Waals surface area contributed by atoms with Gasteiger partial charge >= 0.3 is 12.1 Å². The van der Waals surface area contributed by atoms with Crippen LogP contribution in [0.1, 0.15) is 43.3 Å². The lowest BCUT2D eigenvalue weighted by Crippen LogP contribution is -2.32. The number of ether oxygens (including phenoxy) is 1. The van der Waals surface area contributed by atoms with E-state index in [1.165, 1.54) is 0 Å². The summed E-state index contributed by atoms with van der Waals surface area (Å²) in [5, 5.41) is 16.6. The van der Waals surface area contributed by atoms with Crippen LogP contribution >= 0.6 is 11.5 Å². The Labute approximate surface area is 223 Å². The van der Waals surface area contributed by atoms with Crippen LogP contribution < -0.4 is 5.32 Å². The number of carbonyl (C=O) groups excluding carboxylic acids is 1. The molecule has 38 heavy (non-hydrogen) atoms. The van der Waals surface area contributed by atoms with E-state index in [2.05, 4.69) is 19.8 Å². The Hall–Kier alpha value is -4.57. The van der Waals surface area contributed by atoms with Gasteiger partial charge in [-0.25, -0.2) is 9.59 Å². The van der Waals surface area contributed by atoms with E-state index in [9.17, 15) is 14.7 Å². The van der Waals surface area contributed by atoms with Crippen LogP contribution in [0.2, 0.25) is 0 Å². The zero-order valence-electron chi connectivity index (χ0n) is 21.0. The number of hydrogen-bond donors (Lipinski definition) is 2. The second kappa shape index (κ2) is 11.2. The maximum absolute atomic E-state index is 12.2. The van der Waals surface area contributed by atoms with Crippen molar-refractivity contribution in [2.24, 2.45) is 5.16 Å². The van der Waals surface area contributed by atoms with E-state index in [4.69, 9.17) is 9.57 Å². The number of amides is 1. The molecule has 0 unspecified atom stereocenters. The van der Waals surface area contributed by atoms with Crippen LogP contribution in [0.3, 0.4) is 0 Å². The molecule has 4 aromatic rings. The summed E-state index contributed by atoms with van der Waals surface area (Å²) in [4.78, 5) is 34.7. The third-order valence-corrected chi connectivity index (χ3v) is 5.89. The zero-order valence-corrected chi connectivity index (χ0v) is 21.8. The number of oxime groups is 1. The molecular formula is C28H26N4O5S. The van der Waals surface area contributed by atoms with Gasteiger partial charge < -0.3 is 14.7 Å². The third-order valence-electron chi connectivity index (χ3n) is 5.26. The maximum atomic E-state index is 12.2. The number of carboxylic acids is 1. The number of hydrogen-bond acceptors (Lipinski definition) is 8. The Morgan fingerprint density at radius 2 is 1.32 bits per heavy atom. The molecule has 3 aromatic carbocycles. The molecule has 10 heteroatoms. The molecule has 0 aliphatic rings. The van der Waals surface area contributed by atoms with E-state index in [1.54, 1.807) is 20.8 Å². The Balaban J connectivity index is 1.77. The Morgan fingerprint density at radius 3 is 1.74 bits per heavy atom. The van der Waals surface area contributed by atoms with Gasteiger partial charge in [-0.1, -0.05) is 96.2 Å². The van der Waals surface area contributed by atoms with E-state index in [0.29, 0.717) is 0 Å². The van der Waals surface area contributed by atoms with Crippen molar-refractivity contribution in [3.63, 3.8) is 0 Å². The highest BCUT2D eigenvalue weighted by molar-refractivity contribution is 7.10. The Morgan fingerprint density at radius 1 is 0.842 bits per heavy atom. The van der Waals surface area contributed by atoms with Gasteiger partial charge in [0.2, 0.25) is 22.3 Å². The SMILES string of the molecule is CC(C)(C)OC(=O)Nc1nc(/C(=N\OC(c2ccccc2)(c2ccccc2)c2ccccc2)C(=O)O)ns1. The van der Waals surface area contributed by atoms with Crippen molar-refractivity contribution in [1.82, 2.24) is 9.36 Å². The van der Waals surface area contributed by atoms with Crippen LogP contribution in [0.4, 0.5) is 9.93 Å². The average molecular weight is 531 g/mol. The number of nitrogens with zero attached hydrogens (tertiary/aromatic N) is 3. The number of aliphatic carboxylic acids is 1. The molecule has 1 amide bonds. The molecule has 9 nitrogen and oxygen atoms in total. The first-order valence-corrected chi connectivity index (χ1v) is 12.5. The minimum absolute atomic E-state index is 0.0589. The van der Waals surface area contributed by atoms with Crippen LogP contribution in [0.25, 0.3) is 0 Å². The molecular weight excluding hydrogens is 504 g/mol. The molecule has 0 saturated carbocycles. The summed E-state index contributed by atoms with van der Waals surface area (Å²) in [6.45, 7) is 5.18. The van der Waals surface area contributed by atoms with Crippen LogP contribution in [-0.2, 0) is 20.0 Å². The van der Waals surface area contributed by atoms with E-state index in [-0.39, 0.29) is 11.0 Å². The summed E-state index contributed by atoms with van der Waals surface area (Å²) in [5.41, 5.74) is -0.295. The van der Waals surface area contributed by atoms with Crippen molar-refractivity contribution < 1.29 is 24.3 Å². The van der Waals surface area contributed by atoms with Crippen molar-refractivity contribution in [1.29, 1.82) is 0 Å². The lowest BCUT2D eigenvalue weighted by atomic mass is 9.80. The van der Waals surface area contributed by atoms with Gasteiger partial charge in [0.1, 0.15) is 5.60 Å². The Bertz CT molecular complexity index is 1320. The van der Waals surface area contributed by atoms with Gasteiger partial charge in [0.25, 0.3) is 0 Å². The quantitative estimate of drug-likeness (QED) is 0.171. The van der Waals surface area contributed by atoms with Gasteiger partial charge in [0, 0.05) is 28.2 Å².